The number of rotatable bonds is 6. The topological polar surface area (TPSA) is 91.7 Å². The number of halogens is 2. The Morgan fingerprint density at radius 2 is 2.07 bits per heavy atom. The fourth-order valence-corrected chi connectivity index (χ4v) is 3.61. The van der Waals surface area contributed by atoms with E-state index in [1.807, 2.05) is 6.07 Å². The van der Waals surface area contributed by atoms with Gasteiger partial charge in [0.25, 0.3) is 0 Å². The second kappa shape index (κ2) is 7.13. The lowest BCUT2D eigenvalue weighted by molar-refractivity contribution is 0.251. The van der Waals surface area contributed by atoms with Gasteiger partial charge in [0.05, 0.1) is 24.0 Å². The standard InChI is InChI=1S/C20H18ClFN6O/c21-14-7-16-20(25-19(14)24-18-8-15(26-27-18)11-1-2-11)28(10-23-16)17(9-29)12-3-5-13(22)6-4-12/h3-8,10-11,17,29H,1-2,9H2,(H2,24,25,26,27)/t17-/m0/s1. The van der Waals surface area contributed by atoms with Crippen molar-refractivity contribution in [3.05, 3.63) is 64.8 Å². The number of imidazole rings is 1. The van der Waals surface area contributed by atoms with E-state index in [0.29, 0.717) is 33.7 Å². The van der Waals surface area contributed by atoms with Crippen molar-refractivity contribution < 1.29 is 9.50 Å². The van der Waals surface area contributed by atoms with E-state index in [0.717, 1.165) is 11.3 Å². The first kappa shape index (κ1) is 18.1. The molecule has 0 saturated heterocycles. The summed E-state index contributed by atoms with van der Waals surface area (Å²) in [5, 5.41) is 20.9. The molecule has 1 atom stereocenters. The molecule has 0 unspecified atom stereocenters. The molecule has 9 heteroatoms. The van der Waals surface area contributed by atoms with Gasteiger partial charge in [-0.2, -0.15) is 5.10 Å². The summed E-state index contributed by atoms with van der Waals surface area (Å²) in [6, 6.07) is 9.24. The zero-order valence-corrected chi connectivity index (χ0v) is 16.1. The van der Waals surface area contributed by atoms with Crippen molar-refractivity contribution in [1.82, 2.24) is 24.7 Å². The van der Waals surface area contributed by atoms with Crippen LogP contribution in [-0.4, -0.2) is 36.4 Å². The van der Waals surface area contributed by atoms with Crippen LogP contribution in [0.3, 0.4) is 0 Å². The lowest BCUT2D eigenvalue weighted by atomic mass is 10.1. The first-order chi connectivity index (χ1) is 14.1. The lowest BCUT2D eigenvalue weighted by Gasteiger charge is -2.17. The average Bonchev–Trinajstić information content (AvgIpc) is 3.34. The molecule has 5 rings (SSSR count). The molecule has 3 heterocycles. The van der Waals surface area contributed by atoms with Gasteiger partial charge in [0.1, 0.15) is 11.3 Å². The number of nitrogens with one attached hydrogen (secondary N) is 2. The maximum Gasteiger partial charge on any atom is 0.162 e. The first-order valence-corrected chi connectivity index (χ1v) is 9.72. The summed E-state index contributed by atoms with van der Waals surface area (Å²) in [4.78, 5) is 8.99. The number of aromatic nitrogens is 5. The smallest absolute Gasteiger partial charge is 0.162 e. The van der Waals surface area contributed by atoms with Crippen LogP contribution >= 0.6 is 11.6 Å². The van der Waals surface area contributed by atoms with Crippen LogP contribution in [0.2, 0.25) is 5.02 Å². The third-order valence-corrected chi connectivity index (χ3v) is 5.42. The molecule has 0 spiro atoms. The van der Waals surface area contributed by atoms with E-state index in [2.05, 4.69) is 25.5 Å². The molecule has 3 aromatic heterocycles. The number of anilines is 2. The van der Waals surface area contributed by atoms with Crippen LogP contribution in [0.4, 0.5) is 16.0 Å². The summed E-state index contributed by atoms with van der Waals surface area (Å²) in [5.41, 5.74) is 3.01. The second-order valence-corrected chi connectivity index (χ2v) is 7.58. The molecule has 1 aliphatic rings. The Morgan fingerprint density at radius 1 is 1.28 bits per heavy atom. The zero-order chi connectivity index (χ0) is 20.0. The summed E-state index contributed by atoms with van der Waals surface area (Å²) in [6.45, 7) is -0.186. The molecule has 0 radical (unpaired) electrons. The fourth-order valence-electron chi connectivity index (χ4n) is 3.41. The van der Waals surface area contributed by atoms with Crippen molar-refractivity contribution in [2.45, 2.75) is 24.8 Å². The molecule has 29 heavy (non-hydrogen) atoms. The largest absolute Gasteiger partial charge is 0.394 e. The molecule has 1 fully saturated rings. The molecule has 0 bridgehead atoms. The van der Waals surface area contributed by atoms with E-state index in [-0.39, 0.29) is 12.4 Å². The maximum absolute atomic E-state index is 13.3. The highest BCUT2D eigenvalue weighted by Gasteiger charge is 2.26. The molecule has 148 valence electrons. The summed E-state index contributed by atoms with van der Waals surface area (Å²) in [6.07, 6.45) is 3.96. The number of benzene rings is 1. The Bertz CT molecular complexity index is 1170. The van der Waals surface area contributed by atoms with Crippen molar-refractivity contribution in [2.75, 3.05) is 11.9 Å². The molecule has 1 aromatic carbocycles. The quantitative estimate of drug-likeness (QED) is 0.442. The maximum atomic E-state index is 13.3. The Morgan fingerprint density at radius 3 is 2.79 bits per heavy atom. The van der Waals surface area contributed by atoms with Crippen LogP contribution in [0.5, 0.6) is 0 Å². The van der Waals surface area contributed by atoms with Gasteiger partial charge in [0.15, 0.2) is 17.3 Å². The molecule has 0 aliphatic heterocycles. The summed E-state index contributed by atoms with van der Waals surface area (Å²) < 4.78 is 15.0. The summed E-state index contributed by atoms with van der Waals surface area (Å²) >= 11 is 6.39. The van der Waals surface area contributed by atoms with Crippen LogP contribution in [0, 0.1) is 5.82 Å². The van der Waals surface area contributed by atoms with E-state index in [1.54, 1.807) is 29.1 Å². The van der Waals surface area contributed by atoms with Crippen LogP contribution in [-0.2, 0) is 0 Å². The minimum atomic E-state index is -0.450. The van der Waals surface area contributed by atoms with E-state index in [9.17, 15) is 9.50 Å². The summed E-state index contributed by atoms with van der Waals surface area (Å²) in [5.74, 6) is 1.32. The molecule has 3 N–H and O–H groups in total. The number of aromatic amines is 1. The Labute approximate surface area is 170 Å². The van der Waals surface area contributed by atoms with Crippen molar-refractivity contribution >= 4 is 34.4 Å². The van der Waals surface area contributed by atoms with Gasteiger partial charge in [-0.15, -0.1) is 0 Å². The van der Waals surface area contributed by atoms with Gasteiger partial charge in [-0.25, -0.2) is 14.4 Å². The SMILES string of the molecule is OC[C@@H](c1ccc(F)cc1)n1cnc2cc(Cl)c(Nc3cc(C4CC4)[nH]n3)nc21. The molecule has 1 aliphatic carbocycles. The van der Waals surface area contributed by atoms with Gasteiger partial charge in [0, 0.05) is 17.7 Å². The minimum Gasteiger partial charge on any atom is -0.394 e. The van der Waals surface area contributed by atoms with Crippen LogP contribution in [0.15, 0.2) is 42.7 Å². The number of hydrogen-bond acceptors (Lipinski definition) is 5. The molecular formula is C20H18ClFN6O. The molecule has 7 nitrogen and oxygen atoms in total. The van der Waals surface area contributed by atoms with Gasteiger partial charge in [-0.3, -0.25) is 5.10 Å². The van der Waals surface area contributed by atoms with E-state index in [4.69, 9.17) is 11.6 Å². The van der Waals surface area contributed by atoms with Gasteiger partial charge in [-0.05, 0) is 36.6 Å². The molecule has 0 amide bonds. The number of aliphatic hydroxyl groups excluding tert-OH is 1. The van der Waals surface area contributed by atoms with Gasteiger partial charge in [0.2, 0.25) is 0 Å². The third-order valence-electron chi connectivity index (χ3n) is 5.13. The van der Waals surface area contributed by atoms with Crippen LogP contribution in [0.1, 0.15) is 36.1 Å². The fraction of sp³-hybridized carbons (Fsp3) is 0.250. The van der Waals surface area contributed by atoms with Gasteiger partial charge < -0.3 is 15.0 Å². The van der Waals surface area contributed by atoms with Gasteiger partial charge in [-0.1, -0.05) is 23.7 Å². The number of fused-ring (bicyclic) bond motifs is 1. The Balaban J connectivity index is 1.51. The monoisotopic (exact) mass is 412 g/mol. The van der Waals surface area contributed by atoms with Crippen molar-refractivity contribution in [1.29, 1.82) is 0 Å². The van der Waals surface area contributed by atoms with Crippen LogP contribution < -0.4 is 5.32 Å². The van der Waals surface area contributed by atoms with Gasteiger partial charge >= 0.3 is 0 Å². The number of hydrogen-bond donors (Lipinski definition) is 3. The zero-order valence-electron chi connectivity index (χ0n) is 15.3. The third kappa shape index (κ3) is 3.45. The second-order valence-electron chi connectivity index (χ2n) is 7.17. The highest BCUT2D eigenvalue weighted by molar-refractivity contribution is 6.33. The highest BCUT2D eigenvalue weighted by Crippen LogP contribution is 2.40. The predicted octanol–water partition coefficient (Wildman–Crippen LogP) is 4.15. The number of nitrogens with zero attached hydrogens (tertiary/aromatic N) is 4. The van der Waals surface area contributed by atoms with E-state index < -0.39 is 6.04 Å². The first-order valence-electron chi connectivity index (χ1n) is 9.34. The van der Waals surface area contributed by atoms with Crippen molar-refractivity contribution in [3.63, 3.8) is 0 Å². The van der Waals surface area contributed by atoms with E-state index >= 15 is 0 Å². The van der Waals surface area contributed by atoms with Crippen molar-refractivity contribution in [2.24, 2.45) is 0 Å². The Hall–Kier alpha value is -2.97. The molecular weight excluding hydrogens is 395 g/mol. The van der Waals surface area contributed by atoms with Crippen LogP contribution in [0.25, 0.3) is 11.2 Å². The number of aliphatic hydroxyl groups is 1. The minimum absolute atomic E-state index is 0.186. The number of pyridine rings is 1. The predicted molar refractivity (Wildman–Crippen MR) is 108 cm³/mol. The normalized spacial score (nSPS) is 15.0. The molecule has 4 aromatic rings. The Kier molecular flexibility index (Phi) is 4.44. The average molecular weight is 413 g/mol. The highest BCUT2D eigenvalue weighted by atomic mass is 35.5. The number of H-pyrrole nitrogens is 1. The van der Waals surface area contributed by atoms with E-state index in [1.165, 1.54) is 25.0 Å². The van der Waals surface area contributed by atoms with Crippen molar-refractivity contribution in [3.8, 4) is 0 Å². The summed E-state index contributed by atoms with van der Waals surface area (Å²) in [7, 11) is 0. The lowest BCUT2D eigenvalue weighted by Crippen LogP contribution is -2.14. The molecule has 1 saturated carbocycles.